The first-order valence-corrected chi connectivity index (χ1v) is 3.12. The van der Waals surface area contributed by atoms with Crippen LogP contribution in [0.15, 0.2) is 5.70 Å². The summed E-state index contributed by atoms with van der Waals surface area (Å²) < 4.78 is 0. The highest BCUT2D eigenvalue weighted by Gasteiger charge is 2.00. The van der Waals surface area contributed by atoms with Gasteiger partial charge < -0.3 is 10.6 Å². The number of hydrogen-bond donors (Lipinski definition) is 2. The number of nitrogens with one attached hydrogen (secondary N) is 2. The lowest BCUT2D eigenvalue weighted by molar-refractivity contribution is 0.563. The molecular weight excluding hydrogens is 116 g/mol. The van der Waals surface area contributed by atoms with Crippen LogP contribution in [0.2, 0.25) is 0 Å². The monoisotopic (exact) mass is 126 g/mol. The second-order valence-electron chi connectivity index (χ2n) is 2.04. The Balaban J connectivity index is 2.45. The molecule has 0 unspecified atom stereocenters. The van der Waals surface area contributed by atoms with Gasteiger partial charge in [0.15, 0.2) is 0 Å². The molecule has 1 saturated heterocycles. The third-order valence-corrected chi connectivity index (χ3v) is 1.29. The minimum Gasteiger partial charge on any atom is -0.378 e. The fourth-order valence-corrected chi connectivity index (χ4v) is 0.801. The Labute approximate surface area is 54.1 Å². The maximum Gasteiger partial charge on any atom is 0.146 e. The summed E-state index contributed by atoms with van der Waals surface area (Å²) in [7, 11) is 0. The van der Waals surface area contributed by atoms with Gasteiger partial charge in [0.1, 0.15) is 11.6 Å². The van der Waals surface area contributed by atoms with Crippen LogP contribution < -0.4 is 10.6 Å². The van der Waals surface area contributed by atoms with Crippen LogP contribution in [0.25, 0.3) is 0 Å². The van der Waals surface area contributed by atoms with Crippen molar-refractivity contribution in [2.45, 2.75) is 6.42 Å². The summed E-state index contributed by atoms with van der Waals surface area (Å²) >= 11 is 0. The fourth-order valence-electron chi connectivity index (χ4n) is 0.801. The second-order valence-corrected chi connectivity index (χ2v) is 2.04. The highest BCUT2D eigenvalue weighted by atomic mass is 16.1. The highest BCUT2D eigenvalue weighted by molar-refractivity contribution is 5.52. The molecule has 0 amide bonds. The Hall–Kier alpha value is -0.790. The molecule has 50 valence electrons. The van der Waals surface area contributed by atoms with Gasteiger partial charge in [-0.05, 0) is 13.0 Å². The fraction of sp³-hybridized carbons (Fsp3) is 0.667. The number of carbonyl (C=O) groups excluding carboxylic acids is 1. The van der Waals surface area contributed by atoms with Gasteiger partial charge in [-0.3, -0.25) is 0 Å². The summed E-state index contributed by atoms with van der Waals surface area (Å²) in [5.74, 6) is 1.84. The number of rotatable bonds is 0. The summed E-state index contributed by atoms with van der Waals surface area (Å²) in [4.78, 5) is 10.0. The van der Waals surface area contributed by atoms with Crippen molar-refractivity contribution in [3.05, 3.63) is 5.70 Å². The molecule has 2 N–H and O–H groups in total. The molecule has 9 heavy (non-hydrogen) atoms. The first kappa shape index (κ1) is 6.33. The van der Waals surface area contributed by atoms with Gasteiger partial charge in [0, 0.05) is 13.1 Å². The van der Waals surface area contributed by atoms with E-state index in [1.165, 1.54) is 0 Å². The van der Waals surface area contributed by atoms with Gasteiger partial charge in [-0.25, -0.2) is 4.79 Å². The van der Waals surface area contributed by atoms with Gasteiger partial charge in [-0.2, -0.15) is 0 Å². The molecule has 0 aromatic heterocycles. The van der Waals surface area contributed by atoms with E-state index in [1.54, 1.807) is 0 Å². The van der Waals surface area contributed by atoms with Gasteiger partial charge in [-0.15, -0.1) is 0 Å². The zero-order valence-corrected chi connectivity index (χ0v) is 5.24. The van der Waals surface area contributed by atoms with E-state index in [0.29, 0.717) is 12.2 Å². The smallest absolute Gasteiger partial charge is 0.146 e. The van der Waals surface area contributed by atoms with Crippen LogP contribution in [-0.4, -0.2) is 25.6 Å². The molecule has 0 atom stereocenters. The van der Waals surface area contributed by atoms with Crippen molar-refractivity contribution < 1.29 is 4.79 Å². The van der Waals surface area contributed by atoms with Crippen molar-refractivity contribution in [3.8, 4) is 0 Å². The lowest BCUT2D eigenvalue weighted by Gasteiger charge is -1.97. The second kappa shape index (κ2) is 3.28. The van der Waals surface area contributed by atoms with E-state index < -0.39 is 0 Å². The van der Waals surface area contributed by atoms with Crippen molar-refractivity contribution in [1.29, 1.82) is 0 Å². The largest absolute Gasteiger partial charge is 0.378 e. The van der Waals surface area contributed by atoms with Crippen molar-refractivity contribution in [2.24, 2.45) is 0 Å². The maximum absolute atomic E-state index is 10.0. The molecule has 0 saturated carbocycles. The molecule has 1 heterocycles. The minimum absolute atomic E-state index is 0.642. The SMILES string of the molecule is O=C=C1CNCCCN1. The minimum atomic E-state index is 0.642. The Bertz CT molecular complexity index is 128. The quantitative estimate of drug-likeness (QED) is 0.421. The van der Waals surface area contributed by atoms with E-state index in [2.05, 4.69) is 10.6 Å². The van der Waals surface area contributed by atoms with Crippen LogP contribution in [0.5, 0.6) is 0 Å². The lowest BCUT2D eigenvalue weighted by atomic mass is 10.4. The Morgan fingerprint density at radius 1 is 1.44 bits per heavy atom. The van der Waals surface area contributed by atoms with Crippen LogP contribution in [0.3, 0.4) is 0 Å². The van der Waals surface area contributed by atoms with Crippen LogP contribution in [-0.2, 0) is 4.79 Å². The molecule has 0 aromatic carbocycles. The predicted molar refractivity (Wildman–Crippen MR) is 34.7 cm³/mol. The van der Waals surface area contributed by atoms with Crippen molar-refractivity contribution >= 4 is 5.94 Å². The predicted octanol–water partition coefficient (Wildman–Crippen LogP) is -0.715. The van der Waals surface area contributed by atoms with E-state index >= 15 is 0 Å². The Kier molecular flexibility index (Phi) is 2.31. The highest BCUT2D eigenvalue weighted by Crippen LogP contribution is 1.86. The average Bonchev–Trinajstić information content (AvgIpc) is 2.13. The molecular formula is C6H10N2O. The first-order chi connectivity index (χ1) is 4.43. The van der Waals surface area contributed by atoms with Crippen molar-refractivity contribution in [1.82, 2.24) is 10.6 Å². The third kappa shape index (κ3) is 1.88. The third-order valence-electron chi connectivity index (χ3n) is 1.29. The summed E-state index contributed by atoms with van der Waals surface area (Å²) in [6.07, 6.45) is 1.07. The topological polar surface area (TPSA) is 41.1 Å². The standard InChI is InChI=1S/C6H10N2O/c9-5-6-4-7-2-1-3-8-6/h7-8H,1-4H2. The molecule has 0 bridgehead atoms. The molecule has 1 aliphatic rings. The zero-order valence-electron chi connectivity index (χ0n) is 5.24. The molecule has 0 aromatic rings. The summed E-state index contributed by atoms with van der Waals surface area (Å²) in [5, 5.41) is 6.05. The van der Waals surface area contributed by atoms with Gasteiger partial charge in [0.05, 0.1) is 0 Å². The average molecular weight is 126 g/mol. The van der Waals surface area contributed by atoms with E-state index in [-0.39, 0.29) is 0 Å². The van der Waals surface area contributed by atoms with E-state index in [9.17, 15) is 4.79 Å². The Morgan fingerprint density at radius 2 is 2.33 bits per heavy atom. The molecule has 0 radical (unpaired) electrons. The molecule has 1 fully saturated rings. The molecule has 1 aliphatic heterocycles. The number of hydrogen-bond acceptors (Lipinski definition) is 3. The summed E-state index contributed by atoms with van der Waals surface area (Å²) in [6, 6.07) is 0. The summed E-state index contributed by atoms with van der Waals surface area (Å²) in [6.45, 7) is 2.51. The van der Waals surface area contributed by atoms with Gasteiger partial charge >= 0.3 is 0 Å². The van der Waals surface area contributed by atoms with E-state index in [0.717, 1.165) is 19.5 Å². The zero-order chi connectivity index (χ0) is 6.53. The van der Waals surface area contributed by atoms with Gasteiger partial charge in [0.25, 0.3) is 0 Å². The van der Waals surface area contributed by atoms with Gasteiger partial charge in [0.2, 0.25) is 0 Å². The molecule has 0 spiro atoms. The van der Waals surface area contributed by atoms with Gasteiger partial charge in [-0.1, -0.05) is 0 Å². The molecule has 3 nitrogen and oxygen atoms in total. The van der Waals surface area contributed by atoms with Crippen LogP contribution >= 0.6 is 0 Å². The van der Waals surface area contributed by atoms with Crippen molar-refractivity contribution in [3.63, 3.8) is 0 Å². The molecule has 1 rings (SSSR count). The summed E-state index contributed by atoms with van der Waals surface area (Å²) in [5.41, 5.74) is 0.646. The van der Waals surface area contributed by atoms with E-state index in [1.807, 2.05) is 5.94 Å². The molecule has 3 heteroatoms. The Morgan fingerprint density at radius 3 is 3.11 bits per heavy atom. The van der Waals surface area contributed by atoms with Crippen molar-refractivity contribution in [2.75, 3.05) is 19.6 Å². The lowest BCUT2D eigenvalue weighted by Crippen LogP contribution is -2.19. The normalized spacial score (nSPS) is 19.8. The van der Waals surface area contributed by atoms with Crippen LogP contribution in [0, 0.1) is 0 Å². The maximum atomic E-state index is 10.0. The van der Waals surface area contributed by atoms with E-state index in [4.69, 9.17) is 0 Å². The van der Waals surface area contributed by atoms with Crippen LogP contribution in [0.4, 0.5) is 0 Å². The van der Waals surface area contributed by atoms with Crippen LogP contribution in [0.1, 0.15) is 6.42 Å². The molecule has 0 aliphatic carbocycles. The first-order valence-electron chi connectivity index (χ1n) is 3.12.